The van der Waals surface area contributed by atoms with Crippen molar-refractivity contribution >= 4 is 5.97 Å². The van der Waals surface area contributed by atoms with E-state index in [0.29, 0.717) is 5.57 Å². The first-order chi connectivity index (χ1) is 4.80. The second-order valence-corrected chi connectivity index (χ2v) is 1.99. The second-order valence-electron chi connectivity index (χ2n) is 1.99. The number of carboxylic acid groups (broad SMARTS) is 1. The van der Waals surface area contributed by atoms with Crippen molar-refractivity contribution in [1.29, 1.82) is 0 Å². The molecule has 1 N–H and O–H groups in total. The summed E-state index contributed by atoms with van der Waals surface area (Å²) in [7, 11) is 0. The molecule has 1 aliphatic rings. The molecule has 0 radical (unpaired) electrons. The van der Waals surface area contributed by atoms with Gasteiger partial charge in [0, 0.05) is 0 Å². The summed E-state index contributed by atoms with van der Waals surface area (Å²) in [5.74, 6) is -0.872. The first-order valence-corrected chi connectivity index (χ1v) is 3.07. The highest BCUT2D eigenvalue weighted by atomic mass is 16.4. The molecule has 0 fully saturated rings. The van der Waals surface area contributed by atoms with Crippen LogP contribution in [-0.4, -0.2) is 11.1 Å². The molecule has 1 aliphatic carbocycles. The minimum absolute atomic E-state index is 0.341. The number of hydrogen-bond acceptors (Lipinski definition) is 1. The Balaban J connectivity index is 2.83. The van der Waals surface area contributed by atoms with E-state index >= 15 is 0 Å². The van der Waals surface area contributed by atoms with Gasteiger partial charge in [-0.1, -0.05) is 24.3 Å². The fraction of sp³-hybridized carbons (Fsp3) is 0.125. The topological polar surface area (TPSA) is 37.3 Å². The lowest BCUT2D eigenvalue weighted by molar-refractivity contribution is -0.132. The van der Waals surface area contributed by atoms with Crippen LogP contribution < -0.4 is 0 Å². The van der Waals surface area contributed by atoms with Gasteiger partial charge in [-0.05, 0) is 12.5 Å². The average molecular weight is 136 g/mol. The van der Waals surface area contributed by atoms with Crippen molar-refractivity contribution in [3.05, 3.63) is 36.0 Å². The molecule has 1 rings (SSSR count). The van der Waals surface area contributed by atoms with Crippen LogP contribution in [0.2, 0.25) is 0 Å². The summed E-state index contributed by atoms with van der Waals surface area (Å²) in [5.41, 5.74) is 0.341. The number of aliphatic carboxylic acids is 1. The molecule has 2 heteroatoms. The molecule has 0 amide bonds. The first kappa shape index (κ1) is 6.81. The normalized spacial score (nSPS) is 16.2. The first-order valence-electron chi connectivity index (χ1n) is 3.07. The van der Waals surface area contributed by atoms with E-state index in [9.17, 15) is 4.79 Å². The van der Waals surface area contributed by atoms with E-state index in [-0.39, 0.29) is 0 Å². The van der Waals surface area contributed by atoms with Crippen molar-refractivity contribution in [2.24, 2.45) is 0 Å². The summed E-state index contributed by atoms with van der Waals surface area (Å²) in [5, 5.41) is 8.51. The fourth-order valence-corrected chi connectivity index (χ4v) is 0.722. The molecular formula is C8H8O2. The number of hydrogen-bond donors (Lipinski definition) is 1. The number of allylic oxidation sites excluding steroid dienone is 4. The van der Waals surface area contributed by atoms with Crippen LogP contribution in [0.1, 0.15) is 6.42 Å². The summed E-state index contributed by atoms with van der Waals surface area (Å²) in [6, 6.07) is 0. The van der Waals surface area contributed by atoms with E-state index in [1.807, 2.05) is 12.2 Å². The van der Waals surface area contributed by atoms with Crippen molar-refractivity contribution < 1.29 is 9.90 Å². The summed E-state index contributed by atoms with van der Waals surface area (Å²) in [6.45, 7) is 0. The zero-order valence-electron chi connectivity index (χ0n) is 5.45. The van der Waals surface area contributed by atoms with Crippen molar-refractivity contribution in [1.82, 2.24) is 0 Å². The molecule has 0 aromatic heterocycles. The highest BCUT2D eigenvalue weighted by molar-refractivity contribution is 5.90. The predicted octanol–water partition coefficient (Wildman–Crippen LogP) is 1.51. The molecule has 0 bridgehead atoms. The van der Waals surface area contributed by atoms with Gasteiger partial charge in [0.25, 0.3) is 0 Å². The van der Waals surface area contributed by atoms with Gasteiger partial charge in [-0.3, -0.25) is 0 Å². The van der Waals surface area contributed by atoms with Gasteiger partial charge in [-0.15, -0.1) is 0 Å². The van der Waals surface area contributed by atoms with Crippen LogP contribution in [0.4, 0.5) is 0 Å². The van der Waals surface area contributed by atoms with Gasteiger partial charge in [0.05, 0.1) is 5.57 Å². The van der Waals surface area contributed by atoms with Gasteiger partial charge in [-0.2, -0.15) is 0 Å². The third kappa shape index (κ3) is 1.58. The molecule has 0 aromatic rings. The molecule has 10 heavy (non-hydrogen) atoms. The zero-order valence-corrected chi connectivity index (χ0v) is 5.45. The third-order valence-corrected chi connectivity index (χ3v) is 1.23. The van der Waals surface area contributed by atoms with Gasteiger partial charge in [0.2, 0.25) is 0 Å². The quantitative estimate of drug-likeness (QED) is 0.593. The SMILES string of the molecule is O=C(O)C1=CC=CCC=C1. The lowest BCUT2D eigenvalue weighted by Crippen LogP contribution is -1.95. The highest BCUT2D eigenvalue weighted by Crippen LogP contribution is 2.03. The van der Waals surface area contributed by atoms with E-state index in [4.69, 9.17) is 5.11 Å². The Hall–Kier alpha value is -1.31. The van der Waals surface area contributed by atoms with Gasteiger partial charge in [0.1, 0.15) is 0 Å². The maximum Gasteiger partial charge on any atom is 0.335 e. The summed E-state index contributed by atoms with van der Waals surface area (Å²) >= 11 is 0. The second kappa shape index (κ2) is 3.01. The molecule has 0 spiro atoms. The number of carboxylic acids is 1. The molecule has 52 valence electrons. The number of carbonyl (C=O) groups is 1. The highest BCUT2D eigenvalue weighted by Gasteiger charge is 2.00. The van der Waals surface area contributed by atoms with Gasteiger partial charge in [0.15, 0.2) is 0 Å². The third-order valence-electron chi connectivity index (χ3n) is 1.23. The Morgan fingerprint density at radius 1 is 1.50 bits per heavy atom. The molecule has 0 saturated heterocycles. The Morgan fingerprint density at radius 2 is 2.30 bits per heavy atom. The van der Waals surface area contributed by atoms with Crippen molar-refractivity contribution in [2.45, 2.75) is 6.42 Å². The monoisotopic (exact) mass is 136 g/mol. The fourth-order valence-electron chi connectivity index (χ4n) is 0.722. The van der Waals surface area contributed by atoms with Crippen molar-refractivity contribution in [2.75, 3.05) is 0 Å². The van der Waals surface area contributed by atoms with Crippen LogP contribution in [0.3, 0.4) is 0 Å². The van der Waals surface area contributed by atoms with E-state index in [1.165, 1.54) is 0 Å². The standard InChI is InChI=1S/C8H8O2/c9-8(10)7-5-3-1-2-4-6-7/h1,3-6H,2H2,(H,9,10). The van der Waals surface area contributed by atoms with E-state index < -0.39 is 5.97 Å². The van der Waals surface area contributed by atoms with Crippen LogP contribution in [-0.2, 0) is 4.79 Å². The lowest BCUT2D eigenvalue weighted by Gasteiger charge is -1.87. The Morgan fingerprint density at radius 3 is 3.00 bits per heavy atom. The van der Waals surface area contributed by atoms with Crippen LogP contribution >= 0.6 is 0 Å². The molecule has 0 aliphatic heterocycles. The number of rotatable bonds is 1. The Kier molecular flexibility index (Phi) is 2.05. The lowest BCUT2D eigenvalue weighted by atomic mass is 10.2. The zero-order chi connectivity index (χ0) is 7.40. The van der Waals surface area contributed by atoms with E-state index in [0.717, 1.165) is 6.42 Å². The average Bonchev–Trinajstić information content (AvgIpc) is 2.12. The van der Waals surface area contributed by atoms with Crippen LogP contribution in [0.15, 0.2) is 36.0 Å². The van der Waals surface area contributed by atoms with Gasteiger partial charge < -0.3 is 5.11 Å². The largest absolute Gasteiger partial charge is 0.478 e. The minimum atomic E-state index is -0.872. The Bertz CT molecular complexity index is 221. The van der Waals surface area contributed by atoms with E-state index in [2.05, 4.69) is 0 Å². The molecule has 0 unspecified atom stereocenters. The van der Waals surface area contributed by atoms with Gasteiger partial charge in [-0.25, -0.2) is 4.79 Å². The molecule has 0 heterocycles. The van der Waals surface area contributed by atoms with Crippen LogP contribution in [0, 0.1) is 0 Å². The maximum atomic E-state index is 10.4. The van der Waals surface area contributed by atoms with Gasteiger partial charge >= 0.3 is 5.97 Å². The summed E-state index contributed by atoms with van der Waals surface area (Å²) in [4.78, 5) is 10.4. The molecule has 2 nitrogen and oxygen atoms in total. The van der Waals surface area contributed by atoms with Crippen LogP contribution in [0.5, 0.6) is 0 Å². The van der Waals surface area contributed by atoms with Crippen LogP contribution in [0.25, 0.3) is 0 Å². The van der Waals surface area contributed by atoms with Crippen molar-refractivity contribution in [3.63, 3.8) is 0 Å². The maximum absolute atomic E-state index is 10.4. The molecule has 0 saturated carbocycles. The predicted molar refractivity (Wildman–Crippen MR) is 38.6 cm³/mol. The minimum Gasteiger partial charge on any atom is -0.478 e. The Labute approximate surface area is 59.2 Å². The summed E-state index contributed by atoms with van der Waals surface area (Å²) in [6.07, 6.45) is 9.50. The summed E-state index contributed by atoms with van der Waals surface area (Å²) < 4.78 is 0. The smallest absolute Gasteiger partial charge is 0.335 e. The van der Waals surface area contributed by atoms with E-state index in [1.54, 1.807) is 18.2 Å². The molecule has 0 atom stereocenters. The molecular weight excluding hydrogens is 128 g/mol. The van der Waals surface area contributed by atoms with Crippen molar-refractivity contribution in [3.8, 4) is 0 Å². The molecule has 0 aromatic carbocycles.